The van der Waals surface area contributed by atoms with Crippen molar-refractivity contribution >= 4 is 12.6 Å². The van der Waals surface area contributed by atoms with E-state index < -0.39 is 5.12 Å². The number of hydrogen-bond acceptors (Lipinski definition) is 2. The molecule has 0 fully saturated rings. The number of nitrogens with two attached hydrogens (primary N) is 1. The van der Waals surface area contributed by atoms with Crippen molar-refractivity contribution in [1.29, 1.82) is 0 Å². The predicted octanol–water partition coefficient (Wildman–Crippen LogP) is 0.908. The molecule has 0 aromatic rings. The summed E-state index contributed by atoms with van der Waals surface area (Å²) in [6, 6.07) is 0. The van der Waals surface area contributed by atoms with E-state index in [-0.39, 0.29) is 6.42 Å². The molecule has 38 valence electrons. The Morgan fingerprint density at radius 3 is 2.17 bits per heavy atom. The van der Waals surface area contributed by atoms with Crippen LogP contribution in [0.4, 0.5) is 4.39 Å². The van der Waals surface area contributed by atoms with Gasteiger partial charge in [-0.1, -0.05) is 6.92 Å². The van der Waals surface area contributed by atoms with Gasteiger partial charge in [-0.25, -0.2) is 4.39 Å². The van der Waals surface area contributed by atoms with Gasteiger partial charge in [-0.15, -0.1) is 12.6 Å². The predicted molar refractivity (Wildman–Crippen MR) is 27.3 cm³/mol. The van der Waals surface area contributed by atoms with Crippen LogP contribution in [0.1, 0.15) is 13.3 Å². The molecule has 0 spiro atoms. The van der Waals surface area contributed by atoms with E-state index >= 15 is 0 Å². The summed E-state index contributed by atoms with van der Waals surface area (Å²) in [6.45, 7) is 1.63. The lowest BCUT2D eigenvalue weighted by molar-refractivity contribution is 0.293. The van der Waals surface area contributed by atoms with Crippen LogP contribution in [0.5, 0.6) is 0 Å². The largest absolute Gasteiger partial charge is 0.291 e. The summed E-state index contributed by atoms with van der Waals surface area (Å²) in [7, 11) is 0. The molecule has 0 saturated carbocycles. The van der Waals surface area contributed by atoms with E-state index in [9.17, 15) is 4.39 Å². The molecule has 0 amide bonds. The van der Waals surface area contributed by atoms with Crippen molar-refractivity contribution in [3.8, 4) is 0 Å². The second-order valence-electron chi connectivity index (χ2n) is 1.17. The van der Waals surface area contributed by atoms with E-state index in [0.29, 0.717) is 0 Å². The van der Waals surface area contributed by atoms with Crippen molar-refractivity contribution < 1.29 is 4.39 Å². The number of thiol groups is 1. The highest BCUT2D eigenvalue weighted by Gasteiger charge is 2.11. The quantitative estimate of drug-likeness (QED) is 0.292. The molecule has 3 heteroatoms. The van der Waals surface area contributed by atoms with Crippen LogP contribution >= 0.6 is 12.6 Å². The van der Waals surface area contributed by atoms with Crippen molar-refractivity contribution in [3.63, 3.8) is 0 Å². The average molecular weight is 109 g/mol. The van der Waals surface area contributed by atoms with Crippen LogP contribution < -0.4 is 5.73 Å². The minimum absolute atomic E-state index is 0.246. The molecule has 6 heavy (non-hydrogen) atoms. The average Bonchev–Trinajstić information content (AvgIpc) is 1.35. The van der Waals surface area contributed by atoms with Crippen LogP contribution in [0.15, 0.2) is 0 Å². The second-order valence-corrected chi connectivity index (χ2v) is 1.92. The highest BCUT2D eigenvalue weighted by Crippen LogP contribution is 2.10. The van der Waals surface area contributed by atoms with E-state index in [1.165, 1.54) is 0 Å². The molecule has 0 aromatic heterocycles. The molecule has 0 aromatic carbocycles. The van der Waals surface area contributed by atoms with Crippen molar-refractivity contribution in [2.75, 3.05) is 0 Å². The van der Waals surface area contributed by atoms with Gasteiger partial charge in [0.25, 0.3) is 0 Å². The first kappa shape index (κ1) is 6.24. The molecule has 0 saturated heterocycles. The summed E-state index contributed by atoms with van der Waals surface area (Å²) in [5, 5.41) is -1.76. The lowest BCUT2D eigenvalue weighted by Gasteiger charge is -2.06. The maximum absolute atomic E-state index is 11.8. The van der Waals surface area contributed by atoms with E-state index in [0.717, 1.165) is 0 Å². The minimum atomic E-state index is -1.76. The summed E-state index contributed by atoms with van der Waals surface area (Å²) >= 11 is 3.37. The van der Waals surface area contributed by atoms with E-state index in [4.69, 9.17) is 5.73 Å². The first-order valence-electron chi connectivity index (χ1n) is 1.76. The van der Waals surface area contributed by atoms with Crippen LogP contribution in [0, 0.1) is 0 Å². The molecule has 0 heterocycles. The zero-order valence-corrected chi connectivity index (χ0v) is 4.50. The summed E-state index contributed by atoms with van der Waals surface area (Å²) < 4.78 is 11.8. The van der Waals surface area contributed by atoms with Gasteiger partial charge in [0.15, 0.2) is 0 Å². The van der Waals surface area contributed by atoms with E-state index in [2.05, 4.69) is 12.6 Å². The van der Waals surface area contributed by atoms with Gasteiger partial charge in [0.1, 0.15) is 0 Å². The highest BCUT2D eigenvalue weighted by molar-refractivity contribution is 7.81. The van der Waals surface area contributed by atoms with Gasteiger partial charge in [0.05, 0.1) is 0 Å². The molecule has 0 bridgehead atoms. The number of halogens is 1. The maximum Gasteiger partial charge on any atom is 0.202 e. The van der Waals surface area contributed by atoms with Crippen molar-refractivity contribution in [1.82, 2.24) is 0 Å². The summed E-state index contributed by atoms with van der Waals surface area (Å²) in [6.07, 6.45) is 0.246. The van der Waals surface area contributed by atoms with Gasteiger partial charge in [0, 0.05) is 6.42 Å². The Kier molecular flexibility index (Phi) is 1.87. The Bertz CT molecular complexity index is 40.5. The standard InChI is InChI=1S/C3H8FNS/c1-2-3(4,5)6/h6H,2,5H2,1H3. The fourth-order valence-corrected chi connectivity index (χ4v) is 0. The zero-order valence-electron chi connectivity index (χ0n) is 3.61. The first-order chi connectivity index (χ1) is 2.56. The SMILES string of the molecule is CCC(N)(F)S. The van der Waals surface area contributed by atoms with E-state index in [1.54, 1.807) is 6.92 Å². The first-order valence-corrected chi connectivity index (χ1v) is 2.21. The maximum atomic E-state index is 11.8. The van der Waals surface area contributed by atoms with Gasteiger partial charge in [-0.05, 0) is 0 Å². The second kappa shape index (κ2) is 1.80. The monoisotopic (exact) mass is 109 g/mol. The summed E-state index contributed by atoms with van der Waals surface area (Å²) in [5.41, 5.74) is 4.73. The molecule has 0 rings (SSSR count). The third kappa shape index (κ3) is 4.24. The van der Waals surface area contributed by atoms with Crippen LogP contribution in [-0.2, 0) is 0 Å². The Morgan fingerprint density at radius 1 is 2.00 bits per heavy atom. The summed E-state index contributed by atoms with van der Waals surface area (Å²) in [5.74, 6) is 0. The molecular formula is C3H8FNS. The fraction of sp³-hybridized carbons (Fsp3) is 1.00. The van der Waals surface area contributed by atoms with Gasteiger partial charge < -0.3 is 0 Å². The lowest BCUT2D eigenvalue weighted by Crippen LogP contribution is -2.25. The number of rotatable bonds is 1. The molecule has 1 atom stereocenters. The fourth-order valence-electron chi connectivity index (χ4n) is 0. The summed E-state index contributed by atoms with van der Waals surface area (Å²) in [4.78, 5) is 0. The van der Waals surface area contributed by atoms with Crippen LogP contribution in [-0.4, -0.2) is 5.12 Å². The van der Waals surface area contributed by atoms with E-state index in [1.807, 2.05) is 0 Å². The van der Waals surface area contributed by atoms with Gasteiger partial charge in [-0.3, -0.25) is 5.73 Å². The van der Waals surface area contributed by atoms with Crippen molar-refractivity contribution in [2.24, 2.45) is 5.73 Å². The lowest BCUT2D eigenvalue weighted by atomic mass is 10.5. The molecule has 1 unspecified atom stereocenters. The number of hydrogen-bond donors (Lipinski definition) is 2. The molecular weight excluding hydrogens is 101 g/mol. The Balaban J connectivity index is 3.17. The van der Waals surface area contributed by atoms with Gasteiger partial charge >= 0.3 is 0 Å². The Labute approximate surface area is 42.1 Å². The normalized spacial score (nSPS) is 20.0. The van der Waals surface area contributed by atoms with Gasteiger partial charge in [0.2, 0.25) is 5.12 Å². The zero-order chi connectivity index (χ0) is 5.21. The molecule has 2 N–H and O–H groups in total. The smallest absolute Gasteiger partial charge is 0.202 e. The molecule has 0 aliphatic heterocycles. The topological polar surface area (TPSA) is 26.0 Å². The number of alkyl halides is 1. The van der Waals surface area contributed by atoms with Crippen LogP contribution in [0.3, 0.4) is 0 Å². The molecule has 0 aliphatic carbocycles. The Morgan fingerprint density at radius 2 is 2.17 bits per heavy atom. The Hall–Kier alpha value is 0.240. The third-order valence-corrected chi connectivity index (χ3v) is 0.812. The van der Waals surface area contributed by atoms with Crippen LogP contribution in [0.2, 0.25) is 0 Å². The molecule has 0 radical (unpaired) electrons. The minimum Gasteiger partial charge on any atom is -0.291 e. The van der Waals surface area contributed by atoms with Gasteiger partial charge in [-0.2, -0.15) is 0 Å². The van der Waals surface area contributed by atoms with Crippen molar-refractivity contribution in [3.05, 3.63) is 0 Å². The molecule has 0 aliphatic rings. The highest BCUT2D eigenvalue weighted by atomic mass is 32.1. The van der Waals surface area contributed by atoms with Crippen molar-refractivity contribution in [2.45, 2.75) is 18.5 Å². The van der Waals surface area contributed by atoms with Crippen LogP contribution in [0.25, 0.3) is 0 Å². The molecule has 1 nitrogen and oxygen atoms in total. The third-order valence-electron chi connectivity index (χ3n) is 0.496.